The molecule has 0 atom stereocenters. The van der Waals surface area contributed by atoms with Crippen LogP contribution in [0.3, 0.4) is 0 Å². The molecular weight excluding hydrogens is 279 g/mol. The van der Waals surface area contributed by atoms with E-state index in [0.717, 1.165) is 0 Å². The van der Waals surface area contributed by atoms with Crippen molar-refractivity contribution in [1.29, 1.82) is 0 Å². The second-order valence-electron chi connectivity index (χ2n) is 0. The minimum atomic E-state index is 0. The maximum absolute atomic E-state index is 0. The molecule has 0 N–H and O–H groups in total. The van der Waals surface area contributed by atoms with Gasteiger partial charge in [0, 0.05) is 58.0 Å². The van der Waals surface area contributed by atoms with Crippen LogP contribution in [0.5, 0.6) is 0 Å². The van der Waals surface area contributed by atoms with Gasteiger partial charge in [0.15, 0.2) is 0 Å². The van der Waals surface area contributed by atoms with Gasteiger partial charge in [0.05, 0.1) is 0 Å². The fourth-order valence-electron chi connectivity index (χ4n) is 0. The Kier molecular flexibility index (Phi) is 99.0. The fourth-order valence-corrected chi connectivity index (χ4v) is 0. The third kappa shape index (κ3) is 9.25. The molecule has 2 radical (unpaired) electrons. The van der Waals surface area contributed by atoms with E-state index in [9.17, 15) is 0 Å². The molecule has 0 saturated carbocycles. The molecule has 0 aromatic carbocycles. The summed E-state index contributed by atoms with van der Waals surface area (Å²) in [7, 11) is 0. The Labute approximate surface area is 112 Å². The molecule has 0 unspecified atom stereocenters. The molecule has 0 bridgehead atoms. The normalized spacial score (nSPS) is 0. The van der Waals surface area contributed by atoms with E-state index < -0.39 is 0 Å². The zero-order valence-corrected chi connectivity index (χ0v) is 6.85. The predicted octanol–water partition coefficient (Wildman–Crippen LogP) is -1.57. The van der Waals surface area contributed by atoms with E-state index in [2.05, 4.69) is 0 Å². The van der Waals surface area contributed by atoms with Gasteiger partial charge < -0.3 is 0 Å². The first kappa shape index (κ1) is 25.0. The van der Waals surface area contributed by atoms with Crippen molar-refractivity contribution in [3.8, 4) is 0 Å². The largest absolute Gasteiger partial charge is 0 e. The summed E-state index contributed by atoms with van der Waals surface area (Å²) < 4.78 is 0. The molecule has 0 spiro atoms. The number of hydrogen-bond acceptors (Lipinski definition) is 0. The second-order valence-corrected chi connectivity index (χ2v) is 0. The van der Waals surface area contributed by atoms with Crippen molar-refractivity contribution in [3.63, 3.8) is 0 Å². The van der Waals surface area contributed by atoms with Crippen LogP contribution in [0.4, 0.5) is 0 Å². The second kappa shape index (κ2) is 15.8. The molecular formula is H3CaLaLiNb. The Morgan fingerprint density at radius 1 is 1.00 bits per heavy atom. The van der Waals surface area contributed by atoms with Gasteiger partial charge >= 0.3 is 56.6 Å². The third-order valence-electron chi connectivity index (χ3n) is 0. The summed E-state index contributed by atoms with van der Waals surface area (Å²) in [5.41, 5.74) is 0. The topological polar surface area (TPSA) is 0 Å². The zero-order valence-electron chi connectivity index (χ0n) is 1.02. The van der Waals surface area contributed by atoms with Crippen molar-refractivity contribution >= 4 is 56.6 Å². The first-order valence-electron chi connectivity index (χ1n) is 0. The van der Waals surface area contributed by atoms with Crippen molar-refractivity contribution in [2.45, 2.75) is 0 Å². The minimum absolute atomic E-state index is 0. The van der Waals surface area contributed by atoms with E-state index in [0.29, 0.717) is 0 Å². The molecule has 4 heteroatoms. The minimum Gasteiger partial charge on any atom is 0 e. The Morgan fingerprint density at radius 3 is 1.00 bits per heavy atom. The molecule has 4 heavy (non-hydrogen) atoms. The van der Waals surface area contributed by atoms with Crippen molar-refractivity contribution in [1.82, 2.24) is 0 Å². The molecule has 0 aliphatic carbocycles. The zero-order chi connectivity index (χ0) is 0. The van der Waals surface area contributed by atoms with Gasteiger partial charge in [-0.3, -0.25) is 0 Å². The Hall–Kier alpha value is 3.79. The molecule has 0 rings (SSSR count). The average molecular weight is 282 g/mol. The molecule has 0 saturated heterocycles. The quantitative estimate of drug-likeness (QED) is 0.471. The average Bonchev–Trinajstić information content (AvgIpc) is 0. The van der Waals surface area contributed by atoms with Crippen molar-refractivity contribution in [2.75, 3.05) is 0 Å². The number of rotatable bonds is 0. The molecule has 0 heterocycles. The monoisotopic (exact) mass is 282 g/mol. The molecule has 0 aliphatic heterocycles. The summed E-state index contributed by atoms with van der Waals surface area (Å²) in [6.07, 6.45) is 0. The van der Waals surface area contributed by atoms with E-state index >= 15 is 0 Å². The van der Waals surface area contributed by atoms with E-state index in [4.69, 9.17) is 0 Å². The van der Waals surface area contributed by atoms with E-state index in [1.54, 1.807) is 0 Å². The maximum atomic E-state index is 0. The van der Waals surface area contributed by atoms with Crippen LogP contribution in [0, 0.1) is 35.6 Å². The van der Waals surface area contributed by atoms with Gasteiger partial charge in [0.25, 0.3) is 0 Å². The molecule has 0 aromatic heterocycles. The van der Waals surface area contributed by atoms with Gasteiger partial charge in [-0.05, 0) is 0 Å². The molecule has 14 valence electrons. The van der Waals surface area contributed by atoms with Crippen LogP contribution in [0.2, 0.25) is 0 Å². The number of hydrogen-bond donors (Lipinski definition) is 0. The van der Waals surface area contributed by atoms with Crippen molar-refractivity contribution < 1.29 is 58.0 Å². The van der Waals surface area contributed by atoms with Crippen LogP contribution in [-0.2, 0) is 22.4 Å². The maximum Gasteiger partial charge on any atom is 0 e. The summed E-state index contributed by atoms with van der Waals surface area (Å²) in [5, 5.41) is 0. The third-order valence-corrected chi connectivity index (χ3v) is 0. The summed E-state index contributed by atoms with van der Waals surface area (Å²) in [5.74, 6) is 0. The predicted molar refractivity (Wildman–Crippen MR) is 15.7 cm³/mol. The fraction of sp³-hybridized carbons (Fsp3) is 0. The van der Waals surface area contributed by atoms with Gasteiger partial charge in [0.2, 0.25) is 0 Å². The summed E-state index contributed by atoms with van der Waals surface area (Å²) in [6.45, 7) is 0. The molecule has 0 aromatic rings. The Balaban J connectivity index is 0. The van der Waals surface area contributed by atoms with Gasteiger partial charge in [-0.1, -0.05) is 0 Å². The molecule has 0 fully saturated rings. The summed E-state index contributed by atoms with van der Waals surface area (Å²) in [6, 6.07) is 0. The SMILES string of the molecule is [CaH2].[La].[LiH].[Nb]. The smallest absolute Gasteiger partial charge is 0 e. The standard InChI is InChI=1S/Ca.La.Li.Nb.3H. The van der Waals surface area contributed by atoms with Crippen LogP contribution in [0.15, 0.2) is 0 Å². The van der Waals surface area contributed by atoms with Crippen molar-refractivity contribution in [3.05, 3.63) is 0 Å². The van der Waals surface area contributed by atoms with E-state index in [1.165, 1.54) is 0 Å². The van der Waals surface area contributed by atoms with Gasteiger partial charge in [-0.25, -0.2) is 0 Å². The molecule has 0 amide bonds. The van der Waals surface area contributed by atoms with Crippen LogP contribution in [-0.4, -0.2) is 56.6 Å². The first-order chi connectivity index (χ1) is 0. The van der Waals surface area contributed by atoms with Crippen LogP contribution in [0.1, 0.15) is 0 Å². The van der Waals surface area contributed by atoms with E-state index in [1.807, 2.05) is 0 Å². The molecule has 0 aliphatic rings. The van der Waals surface area contributed by atoms with Crippen LogP contribution in [0.25, 0.3) is 0 Å². The first-order valence-corrected chi connectivity index (χ1v) is 0. The van der Waals surface area contributed by atoms with Crippen molar-refractivity contribution in [2.24, 2.45) is 0 Å². The van der Waals surface area contributed by atoms with Gasteiger partial charge in [0.1, 0.15) is 0 Å². The summed E-state index contributed by atoms with van der Waals surface area (Å²) in [4.78, 5) is 0. The Bertz CT molecular complexity index is 8.00. The molecule has 0 nitrogen and oxygen atoms in total. The van der Waals surface area contributed by atoms with Gasteiger partial charge in [-0.2, -0.15) is 0 Å². The summed E-state index contributed by atoms with van der Waals surface area (Å²) >= 11 is 0. The van der Waals surface area contributed by atoms with Crippen LogP contribution < -0.4 is 0 Å². The van der Waals surface area contributed by atoms with Gasteiger partial charge in [-0.15, -0.1) is 0 Å². The Morgan fingerprint density at radius 2 is 1.00 bits per heavy atom. The van der Waals surface area contributed by atoms with Crippen LogP contribution >= 0.6 is 0 Å². The van der Waals surface area contributed by atoms with E-state index in [-0.39, 0.29) is 115 Å².